The number of hydrogen-bond acceptors (Lipinski definition) is 5. The maximum atomic E-state index is 6.67. The van der Waals surface area contributed by atoms with E-state index in [0.29, 0.717) is 12.4 Å². The Balaban J connectivity index is 0.00000228. The van der Waals surface area contributed by atoms with Gasteiger partial charge in [0, 0.05) is 43.9 Å². The fourth-order valence-corrected chi connectivity index (χ4v) is 8.28. The number of hydrogen-bond donors (Lipinski definition) is 1. The van der Waals surface area contributed by atoms with Crippen LogP contribution in [0.25, 0.3) is 78.3 Å². The molecule has 0 saturated heterocycles. The Morgan fingerprint density at radius 2 is 1.10 bits per heavy atom. The van der Waals surface area contributed by atoms with Gasteiger partial charge in [0.15, 0.2) is 0 Å². The van der Waals surface area contributed by atoms with Crippen molar-refractivity contribution >= 4 is 73.1 Å². The highest BCUT2D eigenvalue weighted by Crippen LogP contribution is 2.43. The summed E-state index contributed by atoms with van der Waals surface area (Å²) >= 11 is 0. The third-order valence-corrected chi connectivity index (χ3v) is 11.2. The van der Waals surface area contributed by atoms with Gasteiger partial charge in [-0.05, 0) is 83.6 Å². The Labute approximate surface area is 351 Å². The average Bonchev–Trinajstić information content (AvgIpc) is 3.84. The number of nitrogens with zero attached hydrogens (tertiary/aromatic N) is 2. The molecule has 294 valence electrons. The largest absolute Gasteiger partial charge is 0.455 e. The monoisotopic (exact) mass is 781 g/mol. The van der Waals surface area contributed by atoms with Crippen molar-refractivity contribution in [3.63, 3.8) is 0 Å². The molecule has 0 fully saturated rings. The van der Waals surface area contributed by atoms with Gasteiger partial charge in [0.1, 0.15) is 29.0 Å². The molecule has 0 atom stereocenters. The standard InChI is InChI=1S/C53H41N3O2.C2H6/c1-3-4-22-46(54)34(2)51(35-14-6-5-7-15-35)55-33-56-47-29-27-36(40-18-12-20-44-42-16-8-10-23-49(42)57-52(40)44)31-38(47)25-26-39-32-37(28-30-48(39)56)41-19-13-21-45-43-17-9-11-24-50(43)58-53(41)45;1-2/h4-32H,3,33,54H2,1-2H3;1-2H3/b22-4-,46-34-,55-51+;. The van der Waals surface area contributed by atoms with E-state index in [1.165, 1.54) is 0 Å². The van der Waals surface area contributed by atoms with Crippen LogP contribution in [-0.2, 0) is 0 Å². The molecule has 5 nitrogen and oxygen atoms in total. The summed E-state index contributed by atoms with van der Waals surface area (Å²) in [4.78, 5) is 7.71. The molecule has 9 aromatic rings. The Kier molecular flexibility index (Phi) is 10.5. The molecule has 0 amide bonds. The van der Waals surface area contributed by atoms with Crippen LogP contribution in [0.4, 0.5) is 11.4 Å². The van der Waals surface area contributed by atoms with Gasteiger partial charge in [0.25, 0.3) is 0 Å². The second-order valence-corrected chi connectivity index (χ2v) is 14.8. The highest BCUT2D eigenvalue weighted by molar-refractivity contribution is 6.13. The Bertz CT molecular complexity index is 2990. The lowest BCUT2D eigenvalue weighted by molar-refractivity contribution is 0.669. The summed E-state index contributed by atoms with van der Waals surface area (Å²) in [6.07, 6.45) is 9.43. The van der Waals surface area contributed by atoms with Gasteiger partial charge in [-0.3, -0.25) is 4.99 Å². The number of anilines is 2. The van der Waals surface area contributed by atoms with Crippen molar-refractivity contribution < 1.29 is 8.83 Å². The summed E-state index contributed by atoms with van der Waals surface area (Å²) in [5.41, 5.74) is 22.3. The van der Waals surface area contributed by atoms with Crippen molar-refractivity contribution in [1.29, 1.82) is 0 Å². The second kappa shape index (κ2) is 16.5. The van der Waals surface area contributed by atoms with Crippen LogP contribution >= 0.6 is 0 Å². The van der Waals surface area contributed by atoms with Crippen molar-refractivity contribution in [3.8, 4) is 22.3 Å². The van der Waals surface area contributed by atoms with Gasteiger partial charge in [-0.15, -0.1) is 0 Å². The molecule has 0 aliphatic carbocycles. The van der Waals surface area contributed by atoms with E-state index in [1.54, 1.807) is 0 Å². The average molecular weight is 782 g/mol. The van der Waals surface area contributed by atoms with Gasteiger partial charge in [0.2, 0.25) is 0 Å². The van der Waals surface area contributed by atoms with Gasteiger partial charge in [-0.25, -0.2) is 0 Å². The molecule has 2 aromatic heterocycles. The highest BCUT2D eigenvalue weighted by Gasteiger charge is 2.22. The fraction of sp³-hybridized carbons (Fsp3) is 0.109. The summed E-state index contributed by atoms with van der Waals surface area (Å²) in [5.74, 6) is 0. The van der Waals surface area contributed by atoms with Crippen molar-refractivity contribution in [2.24, 2.45) is 10.7 Å². The number of rotatable bonds is 8. The molecular weight excluding hydrogens is 735 g/mol. The van der Waals surface area contributed by atoms with Crippen LogP contribution in [0, 0.1) is 0 Å². The highest BCUT2D eigenvalue weighted by atomic mass is 16.3. The summed E-state index contributed by atoms with van der Waals surface area (Å²) in [7, 11) is 0. The number of aliphatic imine (C=N–C) groups is 1. The predicted molar refractivity (Wildman–Crippen MR) is 255 cm³/mol. The van der Waals surface area contributed by atoms with Gasteiger partial charge in [0.05, 0.1) is 17.1 Å². The molecular formula is C55H47N3O2. The molecule has 2 N–H and O–H groups in total. The number of para-hydroxylation sites is 4. The number of allylic oxidation sites excluding steroid dienone is 3. The Hall–Kier alpha value is -7.37. The smallest absolute Gasteiger partial charge is 0.143 e. The molecule has 0 saturated carbocycles. The number of benzene rings is 7. The lowest BCUT2D eigenvalue weighted by Crippen LogP contribution is -2.21. The summed E-state index contributed by atoms with van der Waals surface area (Å²) in [5, 5.41) is 4.46. The van der Waals surface area contributed by atoms with Crippen LogP contribution in [0.15, 0.2) is 189 Å². The molecule has 1 aliphatic heterocycles. The van der Waals surface area contributed by atoms with Crippen LogP contribution in [0.5, 0.6) is 0 Å². The first-order valence-electron chi connectivity index (χ1n) is 20.8. The third kappa shape index (κ3) is 6.88. The Morgan fingerprint density at radius 3 is 1.63 bits per heavy atom. The summed E-state index contributed by atoms with van der Waals surface area (Å²) in [6.45, 7) is 8.53. The van der Waals surface area contributed by atoms with E-state index in [2.05, 4.69) is 146 Å². The van der Waals surface area contributed by atoms with Crippen LogP contribution < -0.4 is 10.6 Å². The van der Waals surface area contributed by atoms with Crippen LogP contribution in [-0.4, -0.2) is 12.4 Å². The molecule has 0 unspecified atom stereocenters. The molecule has 5 heteroatoms. The number of furan rings is 2. The van der Waals surface area contributed by atoms with E-state index >= 15 is 0 Å². The predicted octanol–water partition coefficient (Wildman–Crippen LogP) is 15.1. The number of nitrogens with two attached hydrogens (primary N) is 1. The lowest BCUT2D eigenvalue weighted by atomic mass is 9.99. The van der Waals surface area contributed by atoms with E-state index < -0.39 is 0 Å². The number of fused-ring (bicyclic) bond motifs is 8. The van der Waals surface area contributed by atoms with Gasteiger partial charge >= 0.3 is 0 Å². The summed E-state index contributed by atoms with van der Waals surface area (Å²) in [6, 6.07) is 53.0. The van der Waals surface area contributed by atoms with Crippen LogP contribution in [0.2, 0.25) is 0 Å². The van der Waals surface area contributed by atoms with Gasteiger partial charge in [-0.1, -0.05) is 154 Å². The third-order valence-electron chi connectivity index (χ3n) is 11.2. The fourth-order valence-electron chi connectivity index (χ4n) is 8.28. The Morgan fingerprint density at radius 1 is 0.600 bits per heavy atom. The molecule has 10 rings (SSSR count). The molecule has 1 aliphatic rings. The molecule has 0 radical (unpaired) electrons. The van der Waals surface area contributed by atoms with Crippen molar-refractivity contribution in [3.05, 3.63) is 192 Å². The minimum absolute atomic E-state index is 0.366. The first-order chi connectivity index (χ1) is 29.6. The molecule has 3 heterocycles. The molecule has 7 aromatic carbocycles. The summed E-state index contributed by atoms with van der Waals surface area (Å²) < 4.78 is 13.0. The maximum absolute atomic E-state index is 6.67. The van der Waals surface area contributed by atoms with E-state index in [4.69, 9.17) is 19.6 Å². The van der Waals surface area contributed by atoms with Crippen LogP contribution in [0.3, 0.4) is 0 Å². The maximum Gasteiger partial charge on any atom is 0.143 e. The SMILES string of the molecule is CC.CC\C=C/C(N)=C(C)/C(=N\CN1c2ccc(-c3cccc4c3oc3ccccc34)cc2C=Cc2cc(-c3cccc4c3oc3ccccc34)ccc21)c1ccccc1. The van der Waals surface area contributed by atoms with E-state index in [0.717, 1.165) is 112 Å². The molecule has 0 bridgehead atoms. The lowest BCUT2D eigenvalue weighted by Gasteiger charge is -2.26. The van der Waals surface area contributed by atoms with Crippen molar-refractivity contribution in [1.82, 2.24) is 0 Å². The first kappa shape index (κ1) is 38.2. The van der Waals surface area contributed by atoms with E-state index in [9.17, 15) is 0 Å². The normalized spacial score (nSPS) is 13.1. The molecule has 0 spiro atoms. The van der Waals surface area contributed by atoms with Crippen molar-refractivity contribution in [2.75, 3.05) is 11.6 Å². The minimum atomic E-state index is 0.366. The minimum Gasteiger partial charge on any atom is -0.455 e. The zero-order chi connectivity index (χ0) is 41.2. The first-order valence-corrected chi connectivity index (χ1v) is 20.8. The quantitative estimate of drug-likeness (QED) is 0.123. The topological polar surface area (TPSA) is 67.9 Å². The van der Waals surface area contributed by atoms with E-state index in [1.807, 2.05) is 62.4 Å². The van der Waals surface area contributed by atoms with E-state index in [-0.39, 0.29) is 0 Å². The van der Waals surface area contributed by atoms with Gasteiger partial charge in [-0.2, -0.15) is 0 Å². The zero-order valence-corrected chi connectivity index (χ0v) is 34.4. The van der Waals surface area contributed by atoms with Crippen molar-refractivity contribution in [2.45, 2.75) is 34.1 Å². The molecule has 60 heavy (non-hydrogen) atoms. The second-order valence-electron chi connectivity index (χ2n) is 14.8. The van der Waals surface area contributed by atoms with Gasteiger partial charge < -0.3 is 19.5 Å². The zero-order valence-electron chi connectivity index (χ0n) is 34.4. The van der Waals surface area contributed by atoms with Crippen LogP contribution in [0.1, 0.15) is 50.8 Å².